The molecule has 0 spiro atoms. The maximum atomic E-state index is 13.8. The largest absolute Gasteiger partial charge is 0.494 e. The monoisotopic (exact) mass is 323 g/mol. The summed E-state index contributed by atoms with van der Waals surface area (Å²) in [4.78, 5) is 7.96. The van der Waals surface area contributed by atoms with Gasteiger partial charge in [0.25, 0.3) is 0 Å². The topological polar surface area (TPSA) is 72.4 Å². The van der Waals surface area contributed by atoms with Crippen molar-refractivity contribution >= 4 is 10.0 Å². The van der Waals surface area contributed by atoms with Gasteiger partial charge in [0.2, 0.25) is 10.0 Å². The van der Waals surface area contributed by atoms with Crippen molar-refractivity contribution < 1.29 is 17.5 Å². The highest BCUT2D eigenvalue weighted by molar-refractivity contribution is 7.89. The molecule has 8 heteroatoms. The van der Waals surface area contributed by atoms with Crippen LogP contribution in [0.3, 0.4) is 0 Å². The van der Waals surface area contributed by atoms with Gasteiger partial charge in [0.1, 0.15) is 6.33 Å². The summed E-state index contributed by atoms with van der Waals surface area (Å²) in [6.07, 6.45) is 3.57. The summed E-state index contributed by atoms with van der Waals surface area (Å²) in [5.74, 6) is -0.694. The number of ether oxygens (including phenoxy) is 1. The molecule has 0 N–H and O–H groups in total. The molecule has 1 aliphatic rings. The Bertz CT molecular complexity index is 811. The van der Waals surface area contributed by atoms with E-state index in [2.05, 4.69) is 9.97 Å². The van der Waals surface area contributed by atoms with Crippen LogP contribution in [0, 0.1) is 5.82 Å². The van der Waals surface area contributed by atoms with E-state index in [1.54, 1.807) is 6.20 Å². The molecule has 116 valence electrons. The van der Waals surface area contributed by atoms with E-state index in [1.165, 1.54) is 29.9 Å². The number of fused-ring (bicyclic) bond motifs is 1. The van der Waals surface area contributed by atoms with Crippen LogP contribution in [-0.2, 0) is 23.0 Å². The Hall–Kier alpha value is -2.06. The second kappa shape index (κ2) is 5.62. The fourth-order valence-electron chi connectivity index (χ4n) is 2.40. The van der Waals surface area contributed by atoms with Crippen molar-refractivity contribution in [2.75, 3.05) is 13.7 Å². The highest BCUT2D eigenvalue weighted by atomic mass is 32.2. The molecular formula is C14H14FN3O3S. The molecule has 2 aromatic rings. The zero-order valence-electron chi connectivity index (χ0n) is 11.9. The average molecular weight is 323 g/mol. The Morgan fingerprint density at radius 3 is 2.91 bits per heavy atom. The maximum Gasteiger partial charge on any atom is 0.243 e. The van der Waals surface area contributed by atoms with Crippen LogP contribution in [0.1, 0.15) is 11.3 Å². The molecule has 6 nitrogen and oxygen atoms in total. The minimum atomic E-state index is -3.77. The Balaban J connectivity index is 1.93. The van der Waals surface area contributed by atoms with Crippen LogP contribution in [-0.4, -0.2) is 36.3 Å². The van der Waals surface area contributed by atoms with Crippen LogP contribution in [0.25, 0.3) is 0 Å². The van der Waals surface area contributed by atoms with Gasteiger partial charge < -0.3 is 4.74 Å². The molecule has 0 bridgehead atoms. The van der Waals surface area contributed by atoms with Crippen molar-refractivity contribution in [3.05, 3.63) is 47.8 Å². The van der Waals surface area contributed by atoms with Gasteiger partial charge in [-0.15, -0.1) is 0 Å². The van der Waals surface area contributed by atoms with Crippen molar-refractivity contribution in [1.82, 2.24) is 14.3 Å². The molecule has 0 saturated heterocycles. The van der Waals surface area contributed by atoms with Crippen LogP contribution < -0.4 is 4.74 Å². The fourth-order valence-corrected chi connectivity index (χ4v) is 3.83. The van der Waals surface area contributed by atoms with E-state index in [1.807, 2.05) is 0 Å². The third-order valence-electron chi connectivity index (χ3n) is 3.59. The summed E-state index contributed by atoms with van der Waals surface area (Å²) < 4.78 is 45.1. The smallest absolute Gasteiger partial charge is 0.243 e. The molecule has 3 rings (SSSR count). The van der Waals surface area contributed by atoms with Crippen molar-refractivity contribution in [3.63, 3.8) is 0 Å². The Kier molecular flexibility index (Phi) is 3.79. The number of hydrogen-bond donors (Lipinski definition) is 0. The first-order chi connectivity index (χ1) is 10.5. The Morgan fingerprint density at radius 1 is 1.36 bits per heavy atom. The van der Waals surface area contributed by atoms with Crippen LogP contribution in [0.5, 0.6) is 5.75 Å². The first-order valence-corrected chi connectivity index (χ1v) is 8.08. The third kappa shape index (κ3) is 2.55. The van der Waals surface area contributed by atoms with E-state index < -0.39 is 15.8 Å². The third-order valence-corrected chi connectivity index (χ3v) is 5.43. The SMILES string of the molecule is COc1ccc(S(=O)(=O)N2CCc3ncncc3C2)cc1F. The highest BCUT2D eigenvalue weighted by Crippen LogP contribution is 2.26. The lowest BCUT2D eigenvalue weighted by Gasteiger charge is -2.27. The summed E-state index contributed by atoms with van der Waals surface area (Å²) in [5.41, 5.74) is 1.62. The van der Waals surface area contributed by atoms with Gasteiger partial charge in [0.05, 0.1) is 12.0 Å². The maximum absolute atomic E-state index is 13.8. The molecule has 0 radical (unpaired) electrons. The quantitative estimate of drug-likeness (QED) is 0.853. The van der Waals surface area contributed by atoms with Gasteiger partial charge in [-0.1, -0.05) is 0 Å². The minimum Gasteiger partial charge on any atom is -0.494 e. The van der Waals surface area contributed by atoms with Crippen molar-refractivity contribution in [2.24, 2.45) is 0 Å². The van der Waals surface area contributed by atoms with Crippen LogP contribution in [0.2, 0.25) is 0 Å². The van der Waals surface area contributed by atoms with Gasteiger partial charge in [-0.25, -0.2) is 22.8 Å². The van der Waals surface area contributed by atoms with E-state index in [4.69, 9.17) is 4.74 Å². The van der Waals surface area contributed by atoms with Crippen molar-refractivity contribution in [1.29, 1.82) is 0 Å². The molecule has 0 aliphatic carbocycles. The molecule has 1 aromatic carbocycles. The summed E-state index contributed by atoms with van der Waals surface area (Å²) in [7, 11) is -2.44. The van der Waals surface area contributed by atoms with Gasteiger partial charge in [-0.2, -0.15) is 4.31 Å². The van der Waals surface area contributed by atoms with E-state index >= 15 is 0 Å². The normalized spacial score (nSPS) is 15.4. The number of aromatic nitrogens is 2. The molecule has 0 fully saturated rings. The summed E-state index contributed by atoms with van der Waals surface area (Å²) in [5, 5.41) is 0. The molecular weight excluding hydrogens is 309 g/mol. The summed E-state index contributed by atoms with van der Waals surface area (Å²) in [6.45, 7) is 0.492. The van der Waals surface area contributed by atoms with Crippen molar-refractivity contribution in [3.8, 4) is 5.75 Å². The number of hydrogen-bond acceptors (Lipinski definition) is 5. The van der Waals surface area contributed by atoms with E-state index in [9.17, 15) is 12.8 Å². The Labute approximate surface area is 127 Å². The van der Waals surface area contributed by atoms with E-state index in [0.717, 1.165) is 17.3 Å². The Morgan fingerprint density at radius 2 is 2.18 bits per heavy atom. The van der Waals surface area contributed by atoms with Gasteiger partial charge in [-0.05, 0) is 18.2 Å². The number of halogens is 1. The predicted molar refractivity (Wildman–Crippen MR) is 76.3 cm³/mol. The van der Waals surface area contributed by atoms with Gasteiger partial charge in [-0.3, -0.25) is 0 Å². The van der Waals surface area contributed by atoms with E-state index in [0.29, 0.717) is 13.0 Å². The lowest BCUT2D eigenvalue weighted by molar-refractivity contribution is 0.380. The lowest BCUT2D eigenvalue weighted by Crippen LogP contribution is -2.36. The predicted octanol–water partition coefficient (Wildman–Crippen LogP) is 1.37. The molecule has 0 unspecified atom stereocenters. The van der Waals surface area contributed by atoms with Crippen molar-refractivity contribution in [2.45, 2.75) is 17.9 Å². The second-order valence-electron chi connectivity index (χ2n) is 4.88. The van der Waals surface area contributed by atoms with Gasteiger partial charge in [0, 0.05) is 37.0 Å². The molecule has 2 heterocycles. The molecule has 0 saturated carbocycles. The van der Waals surface area contributed by atoms with Crippen LogP contribution in [0.15, 0.2) is 35.6 Å². The number of rotatable bonds is 3. The first kappa shape index (κ1) is 14.9. The first-order valence-electron chi connectivity index (χ1n) is 6.64. The zero-order chi connectivity index (χ0) is 15.7. The summed E-state index contributed by atoms with van der Waals surface area (Å²) in [6, 6.07) is 3.63. The second-order valence-corrected chi connectivity index (χ2v) is 6.82. The molecule has 0 atom stereocenters. The van der Waals surface area contributed by atoms with E-state index in [-0.39, 0.29) is 17.2 Å². The number of benzene rings is 1. The lowest BCUT2D eigenvalue weighted by atomic mass is 10.1. The molecule has 22 heavy (non-hydrogen) atoms. The minimum absolute atomic E-state index is 0.0105. The molecule has 1 aliphatic heterocycles. The number of sulfonamides is 1. The summed E-state index contributed by atoms with van der Waals surface area (Å²) >= 11 is 0. The fraction of sp³-hybridized carbons (Fsp3) is 0.286. The number of nitrogens with zero attached hydrogens (tertiary/aromatic N) is 3. The highest BCUT2D eigenvalue weighted by Gasteiger charge is 2.29. The standard InChI is InChI=1S/C14H14FN3O3S/c1-21-14-3-2-11(6-12(14)15)22(19,20)18-5-4-13-10(8-18)7-16-9-17-13/h2-3,6-7,9H,4-5,8H2,1H3. The van der Waals surface area contributed by atoms with Crippen LogP contribution in [0.4, 0.5) is 4.39 Å². The average Bonchev–Trinajstić information content (AvgIpc) is 2.54. The molecule has 0 amide bonds. The zero-order valence-corrected chi connectivity index (χ0v) is 12.7. The van der Waals surface area contributed by atoms with Crippen LogP contribution >= 0.6 is 0 Å². The van der Waals surface area contributed by atoms with Gasteiger partial charge >= 0.3 is 0 Å². The number of methoxy groups -OCH3 is 1. The van der Waals surface area contributed by atoms with Gasteiger partial charge in [0.15, 0.2) is 11.6 Å². The molecule has 1 aromatic heterocycles.